The van der Waals surface area contributed by atoms with Crippen LogP contribution in [0.2, 0.25) is 10.0 Å². The molecule has 3 rings (SSSR count). The number of aromatic nitrogens is 2. The van der Waals surface area contributed by atoms with E-state index >= 15 is 0 Å². The SMILES string of the molecule is Cc1nc(Nc2cc(Cl)cc(Cl)c2)cc(N2CCN(C=O)CC2)n1. The summed E-state index contributed by atoms with van der Waals surface area (Å²) in [5.41, 5.74) is 0.766. The molecule has 24 heavy (non-hydrogen) atoms. The number of carbonyl (C=O) groups excluding carboxylic acids is 1. The summed E-state index contributed by atoms with van der Waals surface area (Å²) in [5.74, 6) is 2.18. The van der Waals surface area contributed by atoms with Crippen molar-refractivity contribution in [2.24, 2.45) is 0 Å². The van der Waals surface area contributed by atoms with Gasteiger partial charge >= 0.3 is 0 Å². The molecule has 8 heteroatoms. The molecule has 0 unspecified atom stereocenters. The first-order valence-corrected chi connectivity index (χ1v) is 8.32. The van der Waals surface area contributed by atoms with Crippen LogP contribution in [0.5, 0.6) is 0 Å². The molecular formula is C16H17Cl2N5O. The molecule has 1 amide bonds. The van der Waals surface area contributed by atoms with Gasteiger partial charge in [-0.1, -0.05) is 23.2 Å². The first-order chi connectivity index (χ1) is 11.5. The Hall–Kier alpha value is -2.05. The molecule has 2 aromatic rings. The van der Waals surface area contributed by atoms with Gasteiger partial charge in [-0.15, -0.1) is 0 Å². The van der Waals surface area contributed by atoms with Gasteiger partial charge in [-0.3, -0.25) is 4.79 Å². The van der Waals surface area contributed by atoms with Gasteiger partial charge in [0.2, 0.25) is 6.41 Å². The van der Waals surface area contributed by atoms with Gasteiger partial charge in [0.15, 0.2) is 0 Å². The lowest BCUT2D eigenvalue weighted by Gasteiger charge is -2.33. The lowest BCUT2D eigenvalue weighted by molar-refractivity contribution is -0.118. The highest BCUT2D eigenvalue weighted by molar-refractivity contribution is 6.35. The van der Waals surface area contributed by atoms with E-state index in [0.717, 1.165) is 31.0 Å². The van der Waals surface area contributed by atoms with E-state index in [4.69, 9.17) is 23.2 Å². The standard InChI is InChI=1S/C16H17Cl2N5O/c1-11-19-15(21-14-7-12(17)6-13(18)8-14)9-16(20-11)23-4-2-22(10-24)3-5-23/h6-10H,2-5H2,1H3,(H,19,20,21). The molecule has 1 saturated heterocycles. The number of amides is 1. The maximum Gasteiger partial charge on any atom is 0.209 e. The Morgan fingerprint density at radius 2 is 1.71 bits per heavy atom. The van der Waals surface area contributed by atoms with Crippen molar-refractivity contribution < 1.29 is 4.79 Å². The summed E-state index contributed by atoms with van der Waals surface area (Å²) in [6, 6.07) is 7.14. The highest BCUT2D eigenvalue weighted by Crippen LogP contribution is 2.26. The molecule has 1 fully saturated rings. The fourth-order valence-corrected chi connectivity index (χ4v) is 3.13. The summed E-state index contributed by atoms with van der Waals surface area (Å²) in [6.07, 6.45) is 0.887. The number of anilines is 3. The summed E-state index contributed by atoms with van der Waals surface area (Å²) in [5, 5.41) is 4.33. The number of hydrogen-bond donors (Lipinski definition) is 1. The molecule has 0 radical (unpaired) electrons. The number of rotatable bonds is 4. The third-order valence-electron chi connectivity index (χ3n) is 3.75. The van der Waals surface area contributed by atoms with Gasteiger partial charge in [0.1, 0.15) is 17.5 Å². The molecule has 6 nitrogen and oxygen atoms in total. The molecular weight excluding hydrogens is 349 g/mol. The van der Waals surface area contributed by atoms with Crippen molar-refractivity contribution in [3.63, 3.8) is 0 Å². The molecule has 0 bridgehead atoms. The Kier molecular flexibility index (Phi) is 5.06. The summed E-state index contributed by atoms with van der Waals surface area (Å²) >= 11 is 12.1. The Bertz CT molecular complexity index is 727. The largest absolute Gasteiger partial charge is 0.353 e. The van der Waals surface area contributed by atoms with Gasteiger partial charge in [0.25, 0.3) is 0 Å². The van der Waals surface area contributed by atoms with Crippen LogP contribution in [0.25, 0.3) is 0 Å². The third kappa shape index (κ3) is 4.07. The zero-order valence-electron chi connectivity index (χ0n) is 13.2. The summed E-state index contributed by atoms with van der Waals surface area (Å²) in [7, 11) is 0. The number of nitrogens with one attached hydrogen (secondary N) is 1. The van der Waals surface area contributed by atoms with E-state index in [-0.39, 0.29) is 0 Å². The lowest BCUT2D eigenvalue weighted by atomic mass is 10.3. The van der Waals surface area contributed by atoms with Gasteiger partial charge in [-0.05, 0) is 25.1 Å². The van der Waals surface area contributed by atoms with Crippen LogP contribution in [0.4, 0.5) is 17.3 Å². The fraction of sp³-hybridized carbons (Fsp3) is 0.312. The van der Waals surface area contributed by atoms with Crippen molar-refractivity contribution >= 4 is 46.9 Å². The van der Waals surface area contributed by atoms with Crippen LogP contribution >= 0.6 is 23.2 Å². The average molecular weight is 366 g/mol. The van der Waals surface area contributed by atoms with Crippen LogP contribution in [0.15, 0.2) is 24.3 Å². The van der Waals surface area contributed by atoms with Crippen molar-refractivity contribution in [2.75, 3.05) is 36.4 Å². The molecule has 1 N–H and O–H groups in total. The molecule has 1 aromatic carbocycles. The van der Waals surface area contributed by atoms with E-state index in [1.165, 1.54) is 0 Å². The number of piperazine rings is 1. The second kappa shape index (κ2) is 7.23. The van der Waals surface area contributed by atoms with Crippen LogP contribution < -0.4 is 10.2 Å². The Labute approximate surface area is 150 Å². The monoisotopic (exact) mass is 365 g/mol. The maximum atomic E-state index is 10.8. The number of benzene rings is 1. The Morgan fingerprint density at radius 1 is 1.04 bits per heavy atom. The molecule has 1 aromatic heterocycles. The minimum absolute atomic E-state index is 0.556. The summed E-state index contributed by atoms with van der Waals surface area (Å²) in [4.78, 5) is 23.6. The summed E-state index contributed by atoms with van der Waals surface area (Å²) in [6.45, 7) is 4.73. The van der Waals surface area contributed by atoms with E-state index in [1.807, 2.05) is 13.0 Å². The van der Waals surface area contributed by atoms with Crippen LogP contribution in [-0.4, -0.2) is 47.5 Å². The Morgan fingerprint density at radius 3 is 2.33 bits per heavy atom. The van der Waals surface area contributed by atoms with E-state index in [2.05, 4.69) is 20.2 Å². The summed E-state index contributed by atoms with van der Waals surface area (Å²) < 4.78 is 0. The van der Waals surface area contributed by atoms with Crippen molar-refractivity contribution in [3.8, 4) is 0 Å². The second-order valence-corrected chi connectivity index (χ2v) is 6.44. The van der Waals surface area contributed by atoms with E-state index in [1.54, 1.807) is 23.1 Å². The van der Waals surface area contributed by atoms with Crippen molar-refractivity contribution in [2.45, 2.75) is 6.92 Å². The quantitative estimate of drug-likeness (QED) is 0.843. The molecule has 1 aliphatic heterocycles. The van der Waals surface area contributed by atoms with Gasteiger partial charge in [0, 0.05) is 48.0 Å². The predicted molar refractivity (Wildman–Crippen MR) is 96.4 cm³/mol. The topological polar surface area (TPSA) is 61.4 Å². The molecule has 0 spiro atoms. The smallest absolute Gasteiger partial charge is 0.209 e. The minimum Gasteiger partial charge on any atom is -0.353 e. The van der Waals surface area contributed by atoms with Crippen molar-refractivity contribution in [3.05, 3.63) is 40.1 Å². The molecule has 0 saturated carbocycles. The minimum atomic E-state index is 0.556. The molecule has 1 aliphatic rings. The number of hydrogen-bond acceptors (Lipinski definition) is 5. The third-order valence-corrected chi connectivity index (χ3v) is 4.18. The maximum absolute atomic E-state index is 10.8. The molecule has 2 heterocycles. The normalized spacial score (nSPS) is 14.6. The van der Waals surface area contributed by atoms with Gasteiger partial charge < -0.3 is 15.1 Å². The van der Waals surface area contributed by atoms with Gasteiger partial charge in [-0.25, -0.2) is 9.97 Å². The zero-order chi connectivity index (χ0) is 17.1. The van der Waals surface area contributed by atoms with E-state index in [9.17, 15) is 4.79 Å². The van der Waals surface area contributed by atoms with Gasteiger partial charge in [-0.2, -0.15) is 0 Å². The van der Waals surface area contributed by atoms with Crippen LogP contribution in [-0.2, 0) is 4.79 Å². The van der Waals surface area contributed by atoms with Crippen molar-refractivity contribution in [1.29, 1.82) is 0 Å². The molecule has 0 aliphatic carbocycles. The number of halogens is 2. The van der Waals surface area contributed by atoms with Crippen LogP contribution in [0, 0.1) is 6.92 Å². The Balaban J connectivity index is 1.80. The highest BCUT2D eigenvalue weighted by atomic mass is 35.5. The highest BCUT2D eigenvalue weighted by Gasteiger charge is 2.17. The predicted octanol–water partition coefficient (Wildman–Crippen LogP) is 3.11. The second-order valence-electron chi connectivity index (χ2n) is 5.57. The van der Waals surface area contributed by atoms with Crippen LogP contribution in [0.3, 0.4) is 0 Å². The fourth-order valence-electron chi connectivity index (χ4n) is 2.61. The molecule has 0 atom stereocenters. The van der Waals surface area contributed by atoms with E-state index in [0.29, 0.717) is 34.8 Å². The number of aryl methyl sites for hydroxylation is 1. The first-order valence-electron chi connectivity index (χ1n) is 7.56. The lowest BCUT2D eigenvalue weighted by Crippen LogP contribution is -2.46. The number of nitrogens with zero attached hydrogens (tertiary/aromatic N) is 4. The van der Waals surface area contributed by atoms with E-state index < -0.39 is 0 Å². The van der Waals surface area contributed by atoms with Gasteiger partial charge in [0.05, 0.1) is 0 Å². The molecule has 126 valence electrons. The van der Waals surface area contributed by atoms with Crippen LogP contribution in [0.1, 0.15) is 5.82 Å². The number of carbonyl (C=O) groups is 1. The average Bonchev–Trinajstić information content (AvgIpc) is 2.53. The zero-order valence-corrected chi connectivity index (χ0v) is 14.7. The van der Waals surface area contributed by atoms with Crippen molar-refractivity contribution in [1.82, 2.24) is 14.9 Å². The first kappa shape index (κ1) is 16.8.